The van der Waals surface area contributed by atoms with E-state index in [-0.39, 0.29) is 11.5 Å². The highest BCUT2D eigenvalue weighted by Crippen LogP contribution is 2.34. The topological polar surface area (TPSA) is 101 Å². The molecule has 0 spiro atoms. The SMILES string of the molecule is CCCc1cc(CCCc2c(CCC)cccc2-c2cc3ccc(O)cc3c(=O)o2)cc(-c2cc3ccc(O)cc3c(=O)o2)c1CC. The van der Waals surface area contributed by atoms with Gasteiger partial charge in [0.25, 0.3) is 0 Å². The fraction of sp³-hybridized carbons (Fsp3) is 0.268. The number of hydrogen-bond donors (Lipinski definition) is 2. The molecule has 6 rings (SSSR count). The van der Waals surface area contributed by atoms with Crippen molar-refractivity contribution in [2.45, 2.75) is 72.1 Å². The molecule has 6 nitrogen and oxygen atoms in total. The van der Waals surface area contributed by atoms with Gasteiger partial charge < -0.3 is 19.0 Å². The quantitative estimate of drug-likeness (QED) is 0.148. The second kappa shape index (κ2) is 13.7. The standard InChI is InChI=1S/C41H40O6/c1-4-9-26-12-8-14-34(38-21-28-15-17-30(42)23-35(28)40(44)46-38)33(26)13-7-11-25-19-27(10-5-2)32(6-3)37(20-25)39-22-29-16-18-31(43)24-36(29)41(45)47-39/h8,12,14-24,42-43H,4-7,9-11,13H2,1-3H3. The van der Waals surface area contributed by atoms with E-state index in [0.717, 1.165) is 73.3 Å². The molecule has 0 unspecified atom stereocenters. The highest BCUT2D eigenvalue weighted by Gasteiger charge is 2.17. The van der Waals surface area contributed by atoms with Gasteiger partial charge in [0, 0.05) is 11.1 Å². The molecule has 47 heavy (non-hydrogen) atoms. The Labute approximate surface area is 274 Å². The van der Waals surface area contributed by atoms with Crippen LogP contribution in [0.15, 0.2) is 97.3 Å². The summed E-state index contributed by atoms with van der Waals surface area (Å²) in [6.45, 7) is 6.47. The first-order valence-electron chi connectivity index (χ1n) is 16.6. The first-order chi connectivity index (χ1) is 22.8. The van der Waals surface area contributed by atoms with E-state index >= 15 is 0 Å². The van der Waals surface area contributed by atoms with Crippen LogP contribution in [0.25, 0.3) is 44.2 Å². The first-order valence-corrected chi connectivity index (χ1v) is 16.6. The van der Waals surface area contributed by atoms with Crippen molar-refractivity contribution in [2.75, 3.05) is 0 Å². The zero-order valence-corrected chi connectivity index (χ0v) is 27.2. The van der Waals surface area contributed by atoms with E-state index in [1.165, 1.54) is 39.9 Å². The minimum absolute atomic E-state index is 0.0310. The summed E-state index contributed by atoms with van der Waals surface area (Å²) < 4.78 is 11.7. The highest BCUT2D eigenvalue weighted by atomic mass is 16.4. The lowest BCUT2D eigenvalue weighted by Gasteiger charge is -2.17. The van der Waals surface area contributed by atoms with Gasteiger partial charge in [-0.2, -0.15) is 0 Å². The Morgan fingerprint density at radius 2 is 1.17 bits per heavy atom. The molecular formula is C41H40O6. The third-order valence-electron chi connectivity index (χ3n) is 8.98. The van der Waals surface area contributed by atoms with E-state index in [1.807, 2.05) is 24.3 Å². The molecule has 0 aliphatic rings. The van der Waals surface area contributed by atoms with Gasteiger partial charge >= 0.3 is 11.3 Å². The van der Waals surface area contributed by atoms with Crippen molar-refractivity contribution in [1.82, 2.24) is 0 Å². The van der Waals surface area contributed by atoms with Gasteiger partial charge in [0.05, 0.1) is 10.8 Å². The van der Waals surface area contributed by atoms with Crippen molar-refractivity contribution in [3.05, 3.63) is 128 Å². The maximum Gasteiger partial charge on any atom is 0.344 e. The fourth-order valence-corrected chi connectivity index (χ4v) is 6.82. The van der Waals surface area contributed by atoms with E-state index < -0.39 is 11.3 Å². The Morgan fingerprint density at radius 3 is 1.77 bits per heavy atom. The first kappa shape index (κ1) is 31.9. The monoisotopic (exact) mass is 628 g/mol. The number of phenols is 2. The van der Waals surface area contributed by atoms with Crippen LogP contribution < -0.4 is 11.3 Å². The summed E-state index contributed by atoms with van der Waals surface area (Å²) in [5, 5.41) is 22.0. The van der Waals surface area contributed by atoms with E-state index in [1.54, 1.807) is 24.3 Å². The number of benzene rings is 4. The van der Waals surface area contributed by atoms with E-state index in [2.05, 4.69) is 39.0 Å². The minimum Gasteiger partial charge on any atom is -0.508 e. The molecule has 240 valence electrons. The summed E-state index contributed by atoms with van der Waals surface area (Å²) in [7, 11) is 0. The second-order valence-corrected chi connectivity index (χ2v) is 12.3. The van der Waals surface area contributed by atoms with Crippen molar-refractivity contribution in [3.8, 4) is 34.1 Å². The molecule has 0 amide bonds. The Hall–Kier alpha value is -5.10. The molecule has 2 heterocycles. The predicted octanol–water partition coefficient (Wildman–Crippen LogP) is 9.29. The lowest BCUT2D eigenvalue weighted by molar-refractivity contribution is 0.475. The predicted molar refractivity (Wildman–Crippen MR) is 189 cm³/mol. The van der Waals surface area contributed by atoms with Gasteiger partial charge in [0.1, 0.15) is 23.0 Å². The number of hydrogen-bond acceptors (Lipinski definition) is 6. The molecule has 6 heteroatoms. The summed E-state index contributed by atoms with van der Waals surface area (Å²) >= 11 is 0. The van der Waals surface area contributed by atoms with Gasteiger partial charge in [-0.3, -0.25) is 0 Å². The van der Waals surface area contributed by atoms with Crippen molar-refractivity contribution in [1.29, 1.82) is 0 Å². The van der Waals surface area contributed by atoms with E-state index in [4.69, 9.17) is 8.83 Å². The van der Waals surface area contributed by atoms with Gasteiger partial charge in [-0.15, -0.1) is 0 Å². The Morgan fingerprint density at radius 1 is 0.574 bits per heavy atom. The van der Waals surface area contributed by atoms with Gasteiger partial charge in [0.2, 0.25) is 0 Å². The maximum absolute atomic E-state index is 13.0. The molecule has 0 bridgehead atoms. The van der Waals surface area contributed by atoms with E-state index in [9.17, 15) is 19.8 Å². The number of rotatable bonds is 11. The second-order valence-electron chi connectivity index (χ2n) is 12.3. The average Bonchev–Trinajstić information content (AvgIpc) is 3.06. The molecule has 6 aromatic rings. The highest BCUT2D eigenvalue weighted by molar-refractivity contribution is 5.87. The van der Waals surface area contributed by atoms with Crippen LogP contribution in [0.2, 0.25) is 0 Å². The molecule has 0 fully saturated rings. The number of aromatic hydroxyl groups is 2. The smallest absolute Gasteiger partial charge is 0.344 e. The molecule has 0 saturated carbocycles. The van der Waals surface area contributed by atoms with Crippen LogP contribution in [-0.4, -0.2) is 10.2 Å². The Kier molecular flexibility index (Phi) is 9.30. The maximum atomic E-state index is 13.0. The number of fused-ring (bicyclic) bond motifs is 2. The minimum atomic E-state index is -0.468. The van der Waals surface area contributed by atoms with Gasteiger partial charge in [-0.1, -0.05) is 70.0 Å². The van der Waals surface area contributed by atoms with Crippen LogP contribution in [0.4, 0.5) is 0 Å². The molecule has 0 aliphatic carbocycles. The van der Waals surface area contributed by atoms with Crippen LogP contribution in [0.5, 0.6) is 11.5 Å². The normalized spacial score (nSPS) is 11.5. The molecular weight excluding hydrogens is 588 g/mol. The summed E-state index contributed by atoms with van der Waals surface area (Å²) in [6, 6.07) is 24.0. The largest absolute Gasteiger partial charge is 0.508 e. The van der Waals surface area contributed by atoms with E-state index in [0.29, 0.717) is 22.3 Å². The van der Waals surface area contributed by atoms with Crippen molar-refractivity contribution in [2.24, 2.45) is 0 Å². The molecule has 0 radical (unpaired) electrons. The lowest BCUT2D eigenvalue weighted by atomic mass is 9.88. The zero-order valence-electron chi connectivity index (χ0n) is 27.2. The van der Waals surface area contributed by atoms with Crippen LogP contribution in [0.1, 0.15) is 67.9 Å². The van der Waals surface area contributed by atoms with Crippen molar-refractivity contribution >= 4 is 21.5 Å². The van der Waals surface area contributed by atoms with Crippen LogP contribution >= 0.6 is 0 Å². The molecule has 0 atom stereocenters. The van der Waals surface area contributed by atoms with Gasteiger partial charge in [-0.25, -0.2) is 9.59 Å². The fourth-order valence-electron chi connectivity index (χ4n) is 6.82. The molecule has 0 saturated heterocycles. The van der Waals surface area contributed by atoms with Crippen molar-refractivity contribution < 1.29 is 19.0 Å². The third kappa shape index (κ3) is 6.59. The van der Waals surface area contributed by atoms with Gasteiger partial charge in [0.15, 0.2) is 0 Å². The Balaban J connectivity index is 1.36. The van der Waals surface area contributed by atoms with Crippen LogP contribution in [-0.2, 0) is 32.1 Å². The van der Waals surface area contributed by atoms with Crippen molar-refractivity contribution in [3.63, 3.8) is 0 Å². The molecule has 0 aliphatic heterocycles. The van der Waals surface area contributed by atoms with Gasteiger partial charge in [-0.05, 0) is 120 Å². The summed E-state index contributed by atoms with van der Waals surface area (Å²) in [5.74, 6) is 1.13. The number of aryl methyl sites for hydroxylation is 3. The molecule has 2 N–H and O–H groups in total. The summed E-state index contributed by atoms with van der Waals surface area (Å²) in [4.78, 5) is 25.9. The number of phenolic OH excluding ortho intramolecular Hbond substituents is 2. The Bertz CT molecular complexity index is 2200. The third-order valence-corrected chi connectivity index (χ3v) is 8.98. The van der Waals surface area contributed by atoms with Crippen LogP contribution in [0.3, 0.4) is 0 Å². The summed E-state index contributed by atoms with van der Waals surface area (Å²) in [5.41, 5.74) is 6.99. The average molecular weight is 629 g/mol. The summed E-state index contributed by atoms with van der Waals surface area (Å²) in [6.07, 6.45) is 7.15. The molecule has 4 aromatic carbocycles. The molecule has 2 aromatic heterocycles. The lowest BCUT2D eigenvalue weighted by Crippen LogP contribution is -2.05. The van der Waals surface area contributed by atoms with Crippen LogP contribution in [0, 0.1) is 0 Å². The zero-order chi connectivity index (χ0) is 33.1.